The van der Waals surface area contributed by atoms with E-state index in [1.165, 1.54) is 6.42 Å². The maximum absolute atomic E-state index is 13.1. The molecule has 0 spiro atoms. The van der Waals surface area contributed by atoms with Gasteiger partial charge in [-0.25, -0.2) is 0 Å². The maximum atomic E-state index is 13.1. The summed E-state index contributed by atoms with van der Waals surface area (Å²) in [5.41, 5.74) is 1.46. The molecule has 0 aromatic carbocycles. The third-order valence-electron chi connectivity index (χ3n) is 6.35. The highest BCUT2D eigenvalue weighted by molar-refractivity contribution is 5.98. The average molecular weight is 406 g/mol. The first-order valence-electron chi connectivity index (χ1n) is 11.5. The van der Waals surface area contributed by atoms with E-state index >= 15 is 0 Å². The fraction of sp³-hybridized carbons (Fsp3) is 0.783. The topological polar surface area (TPSA) is 69.7 Å². The zero-order valence-corrected chi connectivity index (χ0v) is 18.8. The Kier molecular flexibility index (Phi) is 9.18. The average Bonchev–Trinajstić information content (AvgIpc) is 2.71. The van der Waals surface area contributed by atoms with Crippen LogP contribution < -0.4 is 5.32 Å². The van der Waals surface area contributed by atoms with E-state index in [1.807, 2.05) is 20.8 Å². The summed E-state index contributed by atoms with van der Waals surface area (Å²) in [6.45, 7) is 9.79. The fourth-order valence-corrected chi connectivity index (χ4v) is 4.48. The Balaban J connectivity index is 2.16. The molecule has 3 amide bonds. The van der Waals surface area contributed by atoms with E-state index in [0.29, 0.717) is 31.6 Å². The Morgan fingerprint density at radius 2 is 1.76 bits per heavy atom. The lowest BCUT2D eigenvalue weighted by Crippen LogP contribution is -2.46. The highest BCUT2D eigenvalue weighted by Crippen LogP contribution is 2.31. The van der Waals surface area contributed by atoms with E-state index in [4.69, 9.17) is 0 Å². The van der Waals surface area contributed by atoms with Gasteiger partial charge in [-0.05, 0) is 46.5 Å². The molecule has 2 rings (SSSR count). The number of likely N-dealkylation sites (N-methyl/N-ethyl adjacent to an activating group) is 1. The van der Waals surface area contributed by atoms with E-state index in [9.17, 15) is 14.4 Å². The molecule has 1 heterocycles. The van der Waals surface area contributed by atoms with Gasteiger partial charge in [0, 0.05) is 43.4 Å². The van der Waals surface area contributed by atoms with Gasteiger partial charge in [-0.15, -0.1) is 0 Å². The van der Waals surface area contributed by atoms with Crippen molar-refractivity contribution >= 4 is 17.7 Å². The van der Waals surface area contributed by atoms with Crippen molar-refractivity contribution in [2.24, 2.45) is 5.92 Å². The Morgan fingerprint density at radius 1 is 1.10 bits per heavy atom. The van der Waals surface area contributed by atoms with Gasteiger partial charge in [-0.1, -0.05) is 32.6 Å². The van der Waals surface area contributed by atoms with Gasteiger partial charge in [0.25, 0.3) is 5.91 Å². The van der Waals surface area contributed by atoms with E-state index in [2.05, 4.69) is 12.2 Å². The number of hydrogen-bond acceptors (Lipinski definition) is 3. The molecule has 0 radical (unpaired) electrons. The number of nitrogens with one attached hydrogen (secondary N) is 1. The molecule has 1 saturated carbocycles. The molecule has 164 valence electrons. The van der Waals surface area contributed by atoms with Gasteiger partial charge < -0.3 is 15.1 Å². The second-order valence-corrected chi connectivity index (χ2v) is 8.39. The van der Waals surface area contributed by atoms with Crippen molar-refractivity contribution in [2.75, 3.05) is 19.6 Å². The summed E-state index contributed by atoms with van der Waals surface area (Å²) in [6.07, 6.45) is 7.99. The molecule has 1 aliphatic heterocycles. The van der Waals surface area contributed by atoms with Crippen LogP contribution in [0.3, 0.4) is 0 Å². The molecular formula is C23H39N3O3. The molecule has 6 nitrogen and oxygen atoms in total. The quantitative estimate of drug-likeness (QED) is 0.637. The third kappa shape index (κ3) is 6.06. The Labute approximate surface area is 176 Å². The molecule has 0 aromatic rings. The number of nitrogens with zero attached hydrogens (tertiary/aromatic N) is 2. The lowest BCUT2D eigenvalue weighted by atomic mass is 9.87. The molecule has 0 bridgehead atoms. The van der Waals surface area contributed by atoms with E-state index in [0.717, 1.165) is 44.2 Å². The zero-order valence-electron chi connectivity index (χ0n) is 18.8. The molecule has 0 aromatic heterocycles. The smallest absolute Gasteiger partial charge is 0.251 e. The number of carbonyl (C=O) groups is 3. The van der Waals surface area contributed by atoms with Gasteiger partial charge in [0.2, 0.25) is 11.8 Å². The van der Waals surface area contributed by atoms with E-state index in [-0.39, 0.29) is 30.2 Å². The summed E-state index contributed by atoms with van der Waals surface area (Å²) in [5, 5.41) is 3.12. The van der Waals surface area contributed by atoms with Gasteiger partial charge >= 0.3 is 0 Å². The Morgan fingerprint density at radius 3 is 2.34 bits per heavy atom. The minimum Gasteiger partial charge on any atom is -0.353 e. The molecule has 1 N–H and O–H groups in total. The van der Waals surface area contributed by atoms with Crippen molar-refractivity contribution < 1.29 is 14.4 Å². The molecule has 1 unspecified atom stereocenters. The number of amides is 3. The molecule has 2 aliphatic rings. The van der Waals surface area contributed by atoms with Gasteiger partial charge in [0.05, 0.1) is 5.92 Å². The van der Waals surface area contributed by atoms with Crippen LogP contribution in [0.1, 0.15) is 85.5 Å². The van der Waals surface area contributed by atoms with Crippen LogP contribution in [-0.4, -0.2) is 53.2 Å². The second-order valence-electron chi connectivity index (χ2n) is 8.39. The number of rotatable bonds is 9. The van der Waals surface area contributed by atoms with E-state index < -0.39 is 5.92 Å². The van der Waals surface area contributed by atoms with E-state index in [1.54, 1.807) is 9.80 Å². The van der Waals surface area contributed by atoms with Crippen molar-refractivity contribution in [3.63, 3.8) is 0 Å². The summed E-state index contributed by atoms with van der Waals surface area (Å²) >= 11 is 0. The van der Waals surface area contributed by atoms with Crippen LogP contribution in [0.25, 0.3) is 0 Å². The monoisotopic (exact) mass is 405 g/mol. The van der Waals surface area contributed by atoms with Crippen LogP contribution >= 0.6 is 0 Å². The molecule has 1 aliphatic carbocycles. The standard InChI is InChI=1S/C23H39N3O3/c1-5-8-14-26-17(4)20(23(29)25(6-2)7-3)15-18(22(26)28)16-21(27)24-19-12-10-9-11-13-19/h18-19H,5-16H2,1-4H3,(H,24,27). The second kappa shape index (κ2) is 11.4. The molecule has 0 saturated heterocycles. The highest BCUT2D eigenvalue weighted by Gasteiger charge is 2.37. The lowest BCUT2D eigenvalue weighted by molar-refractivity contribution is -0.139. The van der Waals surface area contributed by atoms with Gasteiger partial charge in [0.15, 0.2) is 0 Å². The summed E-state index contributed by atoms with van der Waals surface area (Å²) in [6, 6.07) is 0.236. The van der Waals surface area contributed by atoms with Crippen molar-refractivity contribution in [2.45, 2.75) is 91.5 Å². The summed E-state index contributed by atoms with van der Waals surface area (Å²) < 4.78 is 0. The van der Waals surface area contributed by atoms with Crippen LogP contribution in [0.4, 0.5) is 0 Å². The van der Waals surface area contributed by atoms with Crippen LogP contribution in [0.5, 0.6) is 0 Å². The molecule has 1 atom stereocenters. The van der Waals surface area contributed by atoms with Crippen molar-refractivity contribution in [3.8, 4) is 0 Å². The molecule has 6 heteroatoms. The maximum Gasteiger partial charge on any atom is 0.251 e. The predicted molar refractivity (Wildman–Crippen MR) is 115 cm³/mol. The zero-order chi connectivity index (χ0) is 21.4. The normalized spacial score (nSPS) is 20.8. The number of hydrogen-bond donors (Lipinski definition) is 1. The van der Waals surface area contributed by atoms with Crippen LogP contribution in [0.15, 0.2) is 11.3 Å². The summed E-state index contributed by atoms with van der Waals surface area (Å²) in [4.78, 5) is 42.4. The van der Waals surface area contributed by atoms with Crippen LogP contribution in [-0.2, 0) is 14.4 Å². The predicted octanol–water partition coefficient (Wildman–Crippen LogP) is 3.62. The number of unbranched alkanes of at least 4 members (excludes halogenated alkanes) is 1. The van der Waals surface area contributed by atoms with Crippen molar-refractivity contribution in [1.29, 1.82) is 0 Å². The summed E-state index contributed by atoms with van der Waals surface area (Å²) in [5.74, 6) is -0.515. The van der Waals surface area contributed by atoms with Gasteiger partial charge in [-0.3, -0.25) is 14.4 Å². The fourth-order valence-electron chi connectivity index (χ4n) is 4.48. The number of allylic oxidation sites excluding steroid dienone is 1. The first-order chi connectivity index (χ1) is 13.9. The SMILES string of the molecule is CCCCN1C(=O)C(CC(=O)NC2CCCCC2)CC(C(=O)N(CC)CC)=C1C. The third-order valence-corrected chi connectivity index (χ3v) is 6.35. The minimum atomic E-state index is -0.450. The van der Waals surface area contributed by atoms with Crippen LogP contribution in [0.2, 0.25) is 0 Å². The highest BCUT2D eigenvalue weighted by atomic mass is 16.2. The van der Waals surface area contributed by atoms with Crippen LogP contribution in [0, 0.1) is 5.92 Å². The first-order valence-corrected chi connectivity index (χ1v) is 11.5. The molecule has 29 heavy (non-hydrogen) atoms. The van der Waals surface area contributed by atoms with Gasteiger partial charge in [0.1, 0.15) is 0 Å². The molecule has 1 fully saturated rings. The largest absolute Gasteiger partial charge is 0.353 e. The Hall–Kier alpha value is -1.85. The number of carbonyl (C=O) groups excluding carboxylic acids is 3. The summed E-state index contributed by atoms with van der Waals surface area (Å²) in [7, 11) is 0. The minimum absolute atomic E-state index is 0.000753. The van der Waals surface area contributed by atoms with Crippen molar-refractivity contribution in [1.82, 2.24) is 15.1 Å². The first kappa shape index (κ1) is 23.4. The van der Waals surface area contributed by atoms with Crippen molar-refractivity contribution in [3.05, 3.63) is 11.3 Å². The molecular weight excluding hydrogens is 366 g/mol. The Bertz CT molecular complexity index is 619. The lowest BCUT2D eigenvalue weighted by Gasteiger charge is -2.36. The van der Waals surface area contributed by atoms with Gasteiger partial charge in [-0.2, -0.15) is 0 Å².